The number of aryl methyl sites for hydroxylation is 1. The highest BCUT2D eigenvalue weighted by atomic mass is 16.5. The number of aromatic hydroxyl groups is 1. The van der Waals surface area contributed by atoms with Crippen LogP contribution < -0.4 is 4.74 Å². The van der Waals surface area contributed by atoms with Crippen LogP contribution in [0, 0.1) is 12.8 Å². The lowest BCUT2D eigenvalue weighted by atomic mass is 9.97. The number of amides is 1. The number of fused-ring (bicyclic) bond motifs is 1. The maximum Gasteiger partial charge on any atom is 0.227 e. The van der Waals surface area contributed by atoms with Gasteiger partial charge in [0.25, 0.3) is 0 Å². The summed E-state index contributed by atoms with van der Waals surface area (Å²) in [5.74, 6) is 0.896. The third kappa shape index (κ3) is 3.52. The van der Waals surface area contributed by atoms with E-state index in [4.69, 9.17) is 4.74 Å². The van der Waals surface area contributed by atoms with Crippen molar-refractivity contribution < 1.29 is 14.6 Å². The third-order valence-corrected chi connectivity index (χ3v) is 5.62. The predicted molar refractivity (Wildman–Crippen MR) is 105 cm³/mol. The normalized spacial score (nSPS) is 20.1. The van der Waals surface area contributed by atoms with Crippen molar-refractivity contribution in [3.05, 3.63) is 47.5 Å². The maximum atomic E-state index is 13.0. The van der Waals surface area contributed by atoms with Crippen molar-refractivity contribution in [3.8, 4) is 22.6 Å². The monoisotopic (exact) mass is 366 g/mol. The second kappa shape index (κ2) is 7.24. The molecule has 0 aromatic heterocycles. The SMILES string of the molecule is Cc1ccccc1-c1cc(O)c2c(c1)CN(C(=O)[C@@H]1CCN(C)C1)CCO2. The summed E-state index contributed by atoms with van der Waals surface area (Å²) >= 11 is 0. The van der Waals surface area contributed by atoms with Gasteiger partial charge >= 0.3 is 0 Å². The number of benzene rings is 2. The zero-order chi connectivity index (χ0) is 19.0. The molecule has 0 radical (unpaired) electrons. The van der Waals surface area contributed by atoms with E-state index in [9.17, 15) is 9.90 Å². The second-order valence-corrected chi connectivity index (χ2v) is 7.65. The molecule has 5 nitrogen and oxygen atoms in total. The minimum atomic E-state index is 0.0599. The molecule has 0 unspecified atom stereocenters. The zero-order valence-corrected chi connectivity index (χ0v) is 15.9. The topological polar surface area (TPSA) is 53.0 Å². The first kappa shape index (κ1) is 17.9. The molecule has 1 atom stereocenters. The highest BCUT2D eigenvalue weighted by Crippen LogP contribution is 2.38. The standard InChI is InChI=1S/C22H26N2O3/c1-15-5-3-4-6-19(15)17-11-18-14-24(9-10-27-21(18)20(25)12-17)22(26)16-7-8-23(2)13-16/h3-6,11-12,16,25H,7-10,13-14H2,1-2H3/t16-/m1/s1. The number of likely N-dealkylation sites (tertiary alicyclic amines) is 1. The Hall–Kier alpha value is -2.53. The van der Waals surface area contributed by atoms with Crippen molar-refractivity contribution in [3.63, 3.8) is 0 Å². The first-order valence-corrected chi connectivity index (χ1v) is 9.55. The Morgan fingerprint density at radius 2 is 2.04 bits per heavy atom. The van der Waals surface area contributed by atoms with Crippen molar-refractivity contribution in [2.45, 2.75) is 19.9 Å². The van der Waals surface area contributed by atoms with E-state index < -0.39 is 0 Å². The number of rotatable bonds is 2. The van der Waals surface area contributed by atoms with Crippen LogP contribution in [0.15, 0.2) is 36.4 Å². The summed E-state index contributed by atoms with van der Waals surface area (Å²) in [6.45, 7) is 5.27. The molecular weight excluding hydrogens is 340 g/mol. The van der Waals surface area contributed by atoms with Gasteiger partial charge in [-0.05, 0) is 55.8 Å². The van der Waals surface area contributed by atoms with E-state index in [0.29, 0.717) is 25.4 Å². The van der Waals surface area contributed by atoms with Crippen LogP contribution in [-0.4, -0.2) is 54.1 Å². The highest BCUT2D eigenvalue weighted by molar-refractivity contribution is 5.80. The quantitative estimate of drug-likeness (QED) is 0.888. The van der Waals surface area contributed by atoms with Gasteiger partial charge in [-0.15, -0.1) is 0 Å². The number of phenols is 1. The fourth-order valence-electron chi connectivity index (χ4n) is 4.13. The molecule has 1 saturated heterocycles. The number of hydrogen-bond donors (Lipinski definition) is 1. The fourth-order valence-corrected chi connectivity index (χ4v) is 4.13. The van der Waals surface area contributed by atoms with Gasteiger partial charge in [-0.2, -0.15) is 0 Å². The Kier molecular flexibility index (Phi) is 4.79. The molecule has 0 bridgehead atoms. The lowest BCUT2D eigenvalue weighted by Crippen LogP contribution is -2.38. The largest absolute Gasteiger partial charge is 0.504 e. The van der Waals surface area contributed by atoms with Crippen molar-refractivity contribution in [1.29, 1.82) is 0 Å². The highest BCUT2D eigenvalue weighted by Gasteiger charge is 2.31. The van der Waals surface area contributed by atoms with E-state index >= 15 is 0 Å². The molecule has 5 heteroatoms. The van der Waals surface area contributed by atoms with Crippen molar-refractivity contribution in [1.82, 2.24) is 9.80 Å². The molecule has 0 aliphatic carbocycles. The Morgan fingerprint density at radius 3 is 2.78 bits per heavy atom. The summed E-state index contributed by atoms with van der Waals surface area (Å²) < 4.78 is 5.81. The Labute approximate surface area is 160 Å². The molecule has 4 rings (SSSR count). The van der Waals surface area contributed by atoms with Gasteiger partial charge in [0, 0.05) is 18.7 Å². The van der Waals surface area contributed by atoms with Gasteiger partial charge < -0.3 is 19.6 Å². The summed E-state index contributed by atoms with van der Waals surface area (Å²) in [5.41, 5.74) is 4.04. The van der Waals surface area contributed by atoms with Crippen LogP contribution in [0.2, 0.25) is 0 Å². The van der Waals surface area contributed by atoms with E-state index in [1.807, 2.05) is 29.2 Å². The molecule has 2 aliphatic rings. The van der Waals surface area contributed by atoms with Crippen LogP contribution in [-0.2, 0) is 11.3 Å². The van der Waals surface area contributed by atoms with E-state index in [2.05, 4.69) is 24.9 Å². The molecule has 1 amide bonds. The molecule has 2 heterocycles. The Morgan fingerprint density at radius 1 is 1.22 bits per heavy atom. The average Bonchev–Trinajstić information content (AvgIpc) is 2.96. The number of carbonyl (C=O) groups is 1. The molecule has 2 aromatic rings. The molecule has 142 valence electrons. The van der Waals surface area contributed by atoms with Crippen LogP contribution in [0.3, 0.4) is 0 Å². The summed E-state index contributed by atoms with van der Waals surface area (Å²) in [5, 5.41) is 10.6. The number of hydrogen-bond acceptors (Lipinski definition) is 4. The van der Waals surface area contributed by atoms with E-state index in [0.717, 1.165) is 41.8 Å². The number of nitrogens with zero attached hydrogens (tertiary/aromatic N) is 2. The van der Waals surface area contributed by atoms with Gasteiger partial charge in [0.15, 0.2) is 11.5 Å². The molecule has 27 heavy (non-hydrogen) atoms. The summed E-state index contributed by atoms with van der Waals surface area (Å²) in [4.78, 5) is 17.1. The van der Waals surface area contributed by atoms with Gasteiger partial charge in [0.05, 0.1) is 12.5 Å². The van der Waals surface area contributed by atoms with Gasteiger partial charge in [-0.3, -0.25) is 4.79 Å². The molecule has 2 aromatic carbocycles. The molecule has 1 N–H and O–H groups in total. The van der Waals surface area contributed by atoms with E-state index in [1.165, 1.54) is 0 Å². The Bertz CT molecular complexity index is 865. The van der Waals surface area contributed by atoms with Gasteiger partial charge in [0.2, 0.25) is 5.91 Å². The molecule has 0 spiro atoms. The third-order valence-electron chi connectivity index (χ3n) is 5.62. The fraction of sp³-hybridized carbons (Fsp3) is 0.409. The molecule has 2 aliphatic heterocycles. The first-order chi connectivity index (χ1) is 13.0. The second-order valence-electron chi connectivity index (χ2n) is 7.65. The van der Waals surface area contributed by atoms with Crippen LogP contribution >= 0.6 is 0 Å². The number of phenolic OH excluding ortho intramolecular Hbond substituents is 1. The maximum absolute atomic E-state index is 13.0. The zero-order valence-electron chi connectivity index (χ0n) is 15.9. The lowest BCUT2D eigenvalue weighted by Gasteiger charge is -2.23. The van der Waals surface area contributed by atoms with Crippen molar-refractivity contribution in [2.75, 3.05) is 33.3 Å². The van der Waals surface area contributed by atoms with E-state index in [1.54, 1.807) is 6.07 Å². The minimum Gasteiger partial charge on any atom is -0.504 e. The first-order valence-electron chi connectivity index (χ1n) is 9.55. The van der Waals surface area contributed by atoms with Crippen LogP contribution in [0.4, 0.5) is 0 Å². The van der Waals surface area contributed by atoms with Crippen LogP contribution in [0.1, 0.15) is 17.5 Å². The minimum absolute atomic E-state index is 0.0599. The summed E-state index contributed by atoms with van der Waals surface area (Å²) in [6.07, 6.45) is 0.911. The van der Waals surface area contributed by atoms with Crippen molar-refractivity contribution >= 4 is 5.91 Å². The Balaban J connectivity index is 1.65. The van der Waals surface area contributed by atoms with Gasteiger partial charge in [-0.1, -0.05) is 24.3 Å². The predicted octanol–water partition coefficient (Wildman–Crippen LogP) is 3.04. The average molecular weight is 366 g/mol. The molecule has 1 fully saturated rings. The van der Waals surface area contributed by atoms with Crippen molar-refractivity contribution in [2.24, 2.45) is 5.92 Å². The molecule has 0 saturated carbocycles. The number of carbonyl (C=O) groups excluding carboxylic acids is 1. The summed E-state index contributed by atoms with van der Waals surface area (Å²) in [6, 6.07) is 11.9. The van der Waals surface area contributed by atoms with Crippen LogP contribution in [0.5, 0.6) is 11.5 Å². The number of ether oxygens (including phenoxy) is 1. The smallest absolute Gasteiger partial charge is 0.227 e. The van der Waals surface area contributed by atoms with Gasteiger partial charge in [0.1, 0.15) is 6.61 Å². The molecular formula is C22H26N2O3. The lowest BCUT2D eigenvalue weighted by molar-refractivity contribution is -0.135. The van der Waals surface area contributed by atoms with Gasteiger partial charge in [-0.25, -0.2) is 0 Å². The van der Waals surface area contributed by atoms with E-state index in [-0.39, 0.29) is 17.6 Å². The van der Waals surface area contributed by atoms with Crippen LogP contribution in [0.25, 0.3) is 11.1 Å². The summed E-state index contributed by atoms with van der Waals surface area (Å²) in [7, 11) is 2.06.